The number of benzene rings is 1. The molecule has 0 spiro atoms. The number of nitrogens with one attached hydrogen (secondary N) is 1. The van der Waals surface area contributed by atoms with Crippen LogP contribution in [0.1, 0.15) is 25.8 Å². The summed E-state index contributed by atoms with van der Waals surface area (Å²) in [7, 11) is 1.77. The van der Waals surface area contributed by atoms with Gasteiger partial charge in [-0.2, -0.15) is 5.10 Å². The molecule has 0 aliphatic carbocycles. The van der Waals surface area contributed by atoms with E-state index in [1.165, 1.54) is 11.8 Å². The van der Waals surface area contributed by atoms with Gasteiger partial charge in [0.15, 0.2) is 5.82 Å². The van der Waals surface area contributed by atoms with Gasteiger partial charge in [-0.3, -0.25) is 19.7 Å². The maximum Gasteiger partial charge on any atom is 0.329 e. The molecule has 1 fully saturated rings. The van der Waals surface area contributed by atoms with E-state index in [4.69, 9.17) is 0 Å². The molecule has 7 heteroatoms. The number of aryl methyl sites for hydroxylation is 1. The van der Waals surface area contributed by atoms with E-state index in [0.29, 0.717) is 17.9 Å². The van der Waals surface area contributed by atoms with Crippen molar-refractivity contribution in [2.75, 3.05) is 11.4 Å². The van der Waals surface area contributed by atoms with Crippen molar-refractivity contribution in [2.45, 2.75) is 26.4 Å². The van der Waals surface area contributed by atoms with Gasteiger partial charge in [0.05, 0.1) is 5.52 Å². The monoisotopic (exact) mass is 330 g/mol. The molecule has 126 valence electrons. The average Bonchev–Trinajstić information content (AvgIpc) is 2.84. The van der Waals surface area contributed by atoms with E-state index in [9.17, 15) is 14.0 Å². The minimum Gasteiger partial charge on any atom is -0.278 e. The van der Waals surface area contributed by atoms with Gasteiger partial charge in [0, 0.05) is 25.4 Å². The summed E-state index contributed by atoms with van der Waals surface area (Å²) in [5.74, 6) is 0.216. The molecule has 6 nitrogen and oxygen atoms in total. The summed E-state index contributed by atoms with van der Waals surface area (Å²) >= 11 is 0. The van der Waals surface area contributed by atoms with Crippen LogP contribution in [0.2, 0.25) is 0 Å². The first-order chi connectivity index (χ1) is 11.4. The largest absolute Gasteiger partial charge is 0.329 e. The normalized spacial score (nSPS) is 17.3. The second-order valence-corrected chi connectivity index (χ2v) is 5.79. The Hall–Kier alpha value is -2.70. The van der Waals surface area contributed by atoms with Crippen molar-refractivity contribution in [1.29, 1.82) is 0 Å². The van der Waals surface area contributed by atoms with E-state index < -0.39 is 12.2 Å². The average molecular weight is 330 g/mol. The van der Waals surface area contributed by atoms with Crippen LogP contribution in [0.25, 0.3) is 16.5 Å². The fraction of sp³-hybridized carbons (Fsp3) is 0.353. The number of allylic oxidation sites excluding steroid dienone is 2. The van der Waals surface area contributed by atoms with E-state index in [0.717, 1.165) is 16.5 Å². The predicted octanol–water partition coefficient (Wildman–Crippen LogP) is 2.78. The number of carbonyl (C=O) groups excluding carboxylic acids is 2. The number of imide groups is 1. The molecule has 3 amide bonds. The van der Waals surface area contributed by atoms with Gasteiger partial charge < -0.3 is 0 Å². The Morgan fingerprint density at radius 1 is 1.42 bits per heavy atom. The lowest BCUT2D eigenvalue weighted by atomic mass is 10.0. The number of halogens is 1. The third kappa shape index (κ3) is 2.66. The van der Waals surface area contributed by atoms with Crippen molar-refractivity contribution in [2.24, 2.45) is 7.05 Å². The van der Waals surface area contributed by atoms with Gasteiger partial charge in [-0.05, 0) is 37.1 Å². The maximum absolute atomic E-state index is 13.8. The molecular formula is C17H19FN4O2. The van der Waals surface area contributed by atoms with Crippen LogP contribution in [0.3, 0.4) is 0 Å². The van der Waals surface area contributed by atoms with Gasteiger partial charge in [-0.15, -0.1) is 0 Å². The summed E-state index contributed by atoms with van der Waals surface area (Å²) in [5.41, 5.74) is 2.20. The molecule has 0 radical (unpaired) electrons. The van der Waals surface area contributed by atoms with E-state index in [1.807, 2.05) is 18.2 Å². The van der Waals surface area contributed by atoms with Crippen LogP contribution in [0.15, 0.2) is 24.3 Å². The molecule has 3 rings (SSSR count). The molecular weight excluding hydrogens is 311 g/mol. The highest BCUT2D eigenvalue weighted by atomic mass is 19.1. The fourth-order valence-electron chi connectivity index (χ4n) is 3.01. The molecule has 24 heavy (non-hydrogen) atoms. The summed E-state index contributed by atoms with van der Waals surface area (Å²) in [6.07, 6.45) is 0.926. The maximum atomic E-state index is 13.8. The molecule has 1 aromatic carbocycles. The Kier molecular flexibility index (Phi) is 4.09. The molecule has 1 N–H and O–H groups in total. The highest BCUT2D eigenvalue weighted by Gasteiger charge is 2.28. The number of amides is 3. The van der Waals surface area contributed by atoms with Crippen LogP contribution >= 0.6 is 0 Å². The second kappa shape index (κ2) is 6.07. The van der Waals surface area contributed by atoms with E-state index in [2.05, 4.69) is 10.4 Å². The summed E-state index contributed by atoms with van der Waals surface area (Å²) in [4.78, 5) is 24.8. The van der Waals surface area contributed by atoms with E-state index >= 15 is 0 Å². The second-order valence-electron chi connectivity index (χ2n) is 5.79. The van der Waals surface area contributed by atoms with Crippen LogP contribution in [0.4, 0.5) is 15.0 Å². The van der Waals surface area contributed by atoms with Crippen molar-refractivity contribution in [1.82, 2.24) is 15.1 Å². The molecule has 0 saturated carbocycles. The number of carbonyl (C=O) groups is 2. The Labute approximate surface area is 138 Å². The lowest BCUT2D eigenvalue weighted by Gasteiger charge is -2.24. The Balaban J connectivity index is 2.07. The Morgan fingerprint density at radius 2 is 2.17 bits per heavy atom. The van der Waals surface area contributed by atoms with Crippen LogP contribution in [0, 0.1) is 0 Å². The van der Waals surface area contributed by atoms with Gasteiger partial charge in [-0.25, -0.2) is 9.18 Å². The zero-order valence-electron chi connectivity index (χ0n) is 13.8. The molecule has 1 aromatic heterocycles. The molecule has 1 aliphatic rings. The summed E-state index contributed by atoms with van der Waals surface area (Å²) in [5, 5.41) is 7.50. The van der Waals surface area contributed by atoms with E-state index in [1.54, 1.807) is 24.7 Å². The van der Waals surface area contributed by atoms with Crippen LogP contribution < -0.4 is 10.2 Å². The van der Waals surface area contributed by atoms with Gasteiger partial charge >= 0.3 is 6.03 Å². The van der Waals surface area contributed by atoms with Gasteiger partial charge in [0.1, 0.15) is 6.17 Å². The molecule has 1 saturated heterocycles. The third-order valence-electron chi connectivity index (χ3n) is 4.21. The summed E-state index contributed by atoms with van der Waals surface area (Å²) in [6.45, 7) is 3.60. The van der Waals surface area contributed by atoms with Crippen molar-refractivity contribution < 1.29 is 14.0 Å². The van der Waals surface area contributed by atoms with Crippen LogP contribution in [-0.4, -0.2) is 34.4 Å². The van der Waals surface area contributed by atoms with Crippen molar-refractivity contribution in [3.8, 4) is 0 Å². The van der Waals surface area contributed by atoms with Gasteiger partial charge in [0.2, 0.25) is 5.91 Å². The number of anilines is 1. The van der Waals surface area contributed by atoms with Gasteiger partial charge in [-0.1, -0.05) is 12.1 Å². The minimum absolute atomic E-state index is 0.240. The number of aromatic nitrogens is 2. The Morgan fingerprint density at radius 3 is 2.79 bits per heavy atom. The first kappa shape index (κ1) is 16.2. The molecule has 1 atom stereocenters. The standard InChI is InChI=1S/C17H19FN4O2/c1-4-12(10(2)18)11-5-6-13-14(9-11)21(3)20-16(13)22-8-7-15(23)19-17(22)24/h4-6,9-10H,7-8H2,1-3H3,(H,19,23,24)/b12-4+. The number of fused-ring (bicyclic) bond motifs is 1. The Bertz CT molecular complexity index is 854. The molecule has 1 aliphatic heterocycles. The number of alkyl halides is 1. The highest BCUT2D eigenvalue weighted by molar-refractivity contribution is 6.09. The molecule has 0 bridgehead atoms. The SMILES string of the molecule is C/C=C(/c1ccc2c(N3CCC(=O)NC3=O)nn(C)c2c1)C(C)F. The minimum atomic E-state index is -1.07. The molecule has 1 unspecified atom stereocenters. The number of hydrogen-bond acceptors (Lipinski definition) is 3. The lowest BCUT2D eigenvalue weighted by molar-refractivity contribution is -0.120. The van der Waals surface area contributed by atoms with Gasteiger partial charge in [0.25, 0.3) is 0 Å². The van der Waals surface area contributed by atoms with Crippen molar-refractivity contribution in [3.05, 3.63) is 29.8 Å². The quantitative estimate of drug-likeness (QED) is 0.941. The van der Waals surface area contributed by atoms with Crippen LogP contribution in [0.5, 0.6) is 0 Å². The number of hydrogen-bond donors (Lipinski definition) is 1. The first-order valence-corrected chi connectivity index (χ1v) is 7.81. The molecule has 2 aromatic rings. The number of urea groups is 1. The highest BCUT2D eigenvalue weighted by Crippen LogP contribution is 2.30. The third-order valence-corrected chi connectivity index (χ3v) is 4.21. The smallest absolute Gasteiger partial charge is 0.278 e. The van der Waals surface area contributed by atoms with E-state index in [-0.39, 0.29) is 12.3 Å². The zero-order chi connectivity index (χ0) is 17.4. The summed E-state index contributed by atoms with van der Waals surface area (Å²) < 4.78 is 15.4. The lowest BCUT2D eigenvalue weighted by Crippen LogP contribution is -2.49. The summed E-state index contributed by atoms with van der Waals surface area (Å²) in [6, 6.07) is 5.06. The topological polar surface area (TPSA) is 67.2 Å². The van der Waals surface area contributed by atoms with Crippen molar-refractivity contribution >= 4 is 34.2 Å². The first-order valence-electron chi connectivity index (χ1n) is 7.81. The van der Waals surface area contributed by atoms with Crippen molar-refractivity contribution in [3.63, 3.8) is 0 Å². The zero-order valence-corrected chi connectivity index (χ0v) is 13.8. The van der Waals surface area contributed by atoms with Crippen LogP contribution in [-0.2, 0) is 11.8 Å². The molecule has 2 heterocycles. The predicted molar refractivity (Wildman–Crippen MR) is 90.4 cm³/mol. The fourth-order valence-corrected chi connectivity index (χ4v) is 3.01. The number of rotatable bonds is 3. The number of nitrogens with zero attached hydrogens (tertiary/aromatic N) is 3.